The summed E-state index contributed by atoms with van der Waals surface area (Å²) in [6, 6.07) is 1.45. The Balaban J connectivity index is 1.60. The molecule has 96 valence electrons. The molecule has 4 rings (SSSR count). The van der Waals surface area contributed by atoms with Crippen LogP contribution >= 0.6 is 0 Å². The Morgan fingerprint density at radius 3 is 3.05 bits per heavy atom. The maximum absolute atomic E-state index is 11.9. The number of aromatic nitrogens is 1. The van der Waals surface area contributed by atoms with Gasteiger partial charge in [-0.05, 0) is 6.08 Å². The molecule has 1 spiro atoms. The van der Waals surface area contributed by atoms with Gasteiger partial charge < -0.3 is 19.3 Å². The second-order valence-corrected chi connectivity index (χ2v) is 4.74. The number of carbonyl (C=O) groups excluding carboxylic acids is 1. The summed E-state index contributed by atoms with van der Waals surface area (Å²) in [5.41, 5.74) is 0.515. The minimum absolute atomic E-state index is 0.0162. The number of amides is 1. The number of epoxide rings is 2. The number of carboxylic acid groups (broad SMARTS) is 1. The van der Waals surface area contributed by atoms with Gasteiger partial charge in [0.1, 0.15) is 5.70 Å². The molecule has 2 saturated heterocycles. The van der Waals surface area contributed by atoms with Crippen molar-refractivity contribution in [3.05, 3.63) is 41.4 Å². The largest absolute Gasteiger partial charge is 0.478 e. The van der Waals surface area contributed by atoms with Crippen molar-refractivity contribution in [2.75, 3.05) is 6.61 Å². The van der Waals surface area contributed by atoms with Crippen LogP contribution in [0.4, 0.5) is 0 Å². The van der Waals surface area contributed by atoms with Crippen molar-refractivity contribution in [2.45, 2.75) is 11.7 Å². The van der Waals surface area contributed by atoms with E-state index >= 15 is 0 Å². The molecule has 19 heavy (non-hydrogen) atoms. The summed E-state index contributed by atoms with van der Waals surface area (Å²) in [6.07, 6.45) is 4.59. The molecule has 0 unspecified atom stereocenters. The first-order valence-electron chi connectivity index (χ1n) is 5.71. The van der Waals surface area contributed by atoms with Crippen molar-refractivity contribution < 1.29 is 23.6 Å². The Labute approximate surface area is 106 Å². The molecule has 0 saturated carbocycles. The average molecular weight is 261 g/mol. The predicted molar refractivity (Wildman–Crippen MR) is 60.2 cm³/mol. The van der Waals surface area contributed by atoms with Crippen LogP contribution in [0.15, 0.2) is 40.2 Å². The van der Waals surface area contributed by atoms with Crippen LogP contribution in [0.5, 0.6) is 0 Å². The number of carbonyl (C=O) groups is 2. The Bertz CT molecular complexity index is 660. The Morgan fingerprint density at radius 1 is 1.58 bits per heavy atom. The Kier molecular flexibility index (Phi) is 1.73. The highest BCUT2D eigenvalue weighted by atomic mass is 16.9. The Hall–Kier alpha value is -2.41. The smallest absolute Gasteiger partial charge is 0.335 e. The highest BCUT2D eigenvalue weighted by Crippen LogP contribution is 2.67. The van der Waals surface area contributed by atoms with Crippen LogP contribution in [0.2, 0.25) is 0 Å². The molecule has 2 N–H and O–H groups in total. The van der Waals surface area contributed by atoms with E-state index < -0.39 is 11.9 Å². The molecule has 1 aromatic heterocycles. The fourth-order valence-corrected chi connectivity index (χ4v) is 2.55. The number of carboxylic acids is 1. The molecule has 2 aliphatic heterocycles. The maximum Gasteiger partial charge on any atom is 0.335 e. The summed E-state index contributed by atoms with van der Waals surface area (Å²) in [5, 5.41) is 15.2. The zero-order valence-electron chi connectivity index (χ0n) is 9.62. The standard InChI is InChI=1S/C12H8N2O5/c15-10(8-1-2-13-18-8)14-7-3-6(11(16)17)4-12-5-19(12)9(7)12/h1-4,9H,5H2,(H-,14,15,16,17)/p+1/t9-,12-/m1/s1. The van der Waals surface area contributed by atoms with Crippen molar-refractivity contribution >= 4 is 11.9 Å². The number of nitrogens with one attached hydrogen (secondary N) is 1. The van der Waals surface area contributed by atoms with E-state index in [9.17, 15) is 9.59 Å². The highest BCUT2D eigenvalue weighted by molar-refractivity contribution is 5.95. The van der Waals surface area contributed by atoms with Gasteiger partial charge in [-0.1, -0.05) is 5.16 Å². The van der Waals surface area contributed by atoms with Gasteiger partial charge >= 0.3 is 11.6 Å². The third-order valence-corrected chi connectivity index (χ3v) is 3.61. The van der Waals surface area contributed by atoms with Crippen LogP contribution in [0, 0.1) is 0 Å². The van der Waals surface area contributed by atoms with E-state index in [4.69, 9.17) is 9.63 Å². The van der Waals surface area contributed by atoms with Gasteiger partial charge in [0.15, 0.2) is 0 Å². The van der Waals surface area contributed by atoms with Crippen LogP contribution < -0.4 is 5.32 Å². The minimum Gasteiger partial charge on any atom is -0.478 e. The lowest BCUT2D eigenvalue weighted by Crippen LogP contribution is -2.32. The van der Waals surface area contributed by atoms with Crippen molar-refractivity contribution in [2.24, 2.45) is 0 Å². The molecule has 7 heteroatoms. The molecule has 1 aliphatic carbocycles. The Morgan fingerprint density at radius 2 is 2.42 bits per heavy atom. The van der Waals surface area contributed by atoms with E-state index in [1.54, 1.807) is 6.08 Å². The van der Waals surface area contributed by atoms with Gasteiger partial charge in [-0.3, -0.25) is 4.79 Å². The first-order chi connectivity index (χ1) is 9.12. The fraction of sp³-hybridized carbons (Fsp3) is 0.250. The normalized spacial score (nSPS) is 30.6. The van der Waals surface area contributed by atoms with Gasteiger partial charge in [0, 0.05) is 12.1 Å². The van der Waals surface area contributed by atoms with Gasteiger partial charge in [0.05, 0.1) is 11.8 Å². The lowest BCUT2D eigenvalue weighted by atomic mass is 9.95. The minimum atomic E-state index is -1.00. The third-order valence-electron chi connectivity index (χ3n) is 3.61. The molecule has 0 bridgehead atoms. The number of rotatable bonds is 3. The number of hydrogen-bond acceptors (Lipinski definition) is 4. The summed E-state index contributed by atoms with van der Waals surface area (Å²) in [7, 11) is 0. The number of fused-ring (bicyclic) bond motifs is 1. The van der Waals surface area contributed by atoms with Crippen LogP contribution in [0.25, 0.3) is 0 Å². The maximum atomic E-state index is 11.9. The molecule has 2 fully saturated rings. The number of aliphatic carboxylic acids is 1. The molecular weight excluding hydrogens is 252 g/mol. The third kappa shape index (κ3) is 1.33. The molecular formula is C12H9N2O5+. The average Bonchev–Trinajstić information content (AvgIpc) is 3.09. The molecule has 0 radical (unpaired) electrons. The zero-order valence-corrected chi connectivity index (χ0v) is 9.62. The number of nitrogens with zero attached hydrogens (tertiary/aromatic N) is 1. The summed E-state index contributed by atoms with van der Waals surface area (Å²) >= 11 is 0. The first kappa shape index (κ1) is 10.5. The van der Waals surface area contributed by atoms with E-state index in [1.807, 2.05) is 0 Å². The second kappa shape index (κ2) is 3.12. The molecule has 3 heterocycles. The quantitative estimate of drug-likeness (QED) is 0.590. The molecule has 1 aromatic rings. The fourth-order valence-electron chi connectivity index (χ4n) is 2.55. The van der Waals surface area contributed by atoms with E-state index in [2.05, 4.69) is 14.8 Å². The molecule has 3 aliphatic rings. The summed E-state index contributed by atoms with van der Waals surface area (Å²) in [4.78, 5) is 22.9. The highest BCUT2D eigenvalue weighted by Gasteiger charge is 2.92. The number of hydrogen-bond donors (Lipinski definition) is 2. The van der Waals surface area contributed by atoms with Crippen LogP contribution in [-0.2, 0) is 9.16 Å². The topological polar surface area (TPSA) is 95.1 Å². The van der Waals surface area contributed by atoms with Gasteiger partial charge in [-0.15, -0.1) is 0 Å². The van der Waals surface area contributed by atoms with Crippen LogP contribution in [-0.4, -0.2) is 40.5 Å². The molecule has 0 aromatic carbocycles. The van der Waals surface area contributed by atoms with Crippen LogP contribution in [0.1, 0.15) is 10.6 Å². The van der Waals surface area contributed by atoms with Crippen molar-refractivity contribution in [1.29, 1.82) is 0 Å². The van der Waals surface area contributed by atoms with Gasteiger partial charge in [-0.25, -0.2) is 4.79 Å². The van der Waals surface area contributed by atoms with E-state index in [1.165, 1.54) is 18.3 Å². The summed E-state index contributed by atoms with van der Waals surface area (Å²) in [5.74, 6) is -1.34. The lowest BCUT2D eigenvalue weighted by molar-refractivity contribution is -0.132. The SMILES string of the molecule is O=C(O)C1=C[C@]23C[O+]2[C@@H]3C(NC(=O)c2ccno2)=C1. The van der Waals surface area contributed by atoms with Gasteiger partial charge in [-0.2, -0.15) is 0 Å². The van der Waals surface area contributed by atoms with Crippen molar-refractivity contribution in [3.8, 4) is 0 Å². The van der Waals surface area contributed by atoms with Crippen LogP contribution in [0.3, 0.4) is 0 Å². The molecule has 7 nitrogen and oxygen atoms in total. The second-order valence-electron chi connectivity index (χ2n) is 4.74. The summed E-state index contributed by atoms with van der Waals surface area (Å²) in [6.45, 7) is 0.768. The van der Waals surface area contributed by atoms with Gasteiger partial charge in [0.2, 0.25) is 12.4 Å². The zero-order chi connectivity index (χ0) is 13.2. The van der Waals surface area contributed by atoms with Crippen molar-refractivity contribution in [3.63, 3.8) is 0 Å². The monoisotopic (exact) mass is 261 g/mol. The van der Waals surface area contributed by atoms with Gasteiger partial charge in [0.25, 0.3) is 12.0 Å². The lowest BCUT2D eigenvalue weighted by Gasteiger charge is -2.09. The molecule has 2 atom stereocenters. The van der Waals surface area contributed by atoms with E-state index in [0.29, 0.717) is 5.70 Å². The predicted octanol–water partition coefficient (Wildman–Crippen LogP) is -0.000200. The first-order valence-corrected chi connectivity index (χ1v) is 5.71. The molecule has 1 amide bonds. The van der Waals surface area contributed by atoms with Crippen molar-refractivity contribution in [1.82, 2.24) is 10.5 Å². The van der Waals surface area contributed by atoms with E-state index in [0.717, 1.165) is 6.61 Å². The van der Waals surface area contributed by atoms with E-state index in [-0.39, 0.29) is 23.0 Å². The summed E-state index contributed by atoms with van der Waals surface area (Å²) < 4.78 is 7.67.